The zero-order chi connectivity index (χ0) is 25.8. The Hall–Kier alpha value is -2.80. The van der Waals surface area contributed by atoms with Gasteiger partial charge in [-0.2, -0.15) is 5.10 Å². The number of benzene rings is 4. The van der Waals surface area contributed by atoms with Gasteiger partial charge in [0.1, 0.15) is 0 Å². The molecule has 4 aromatic rings. The largest absolute Gasteiger partial charge is 0.292 e. The van der Waals surface area contributed by atoms with Crippen LogP contribution in [-0.4, -0.2) is 10.8 Å². The molecule has 0 saturated heterocycles. The lowest BCUT2D eigenvalue weighted by Crippen LogP contribution is -2.34. The van der Waals surface area contributed by atoms with Crippen molar-refractivity contribution in [2.24, 2.45) is 5.10 Å². The maximum absolute atomic E-state index is 12.7. The molecule has 2 heterocycles. The maximum atomic E-state index is 12.7. The van der Waals surface area contributed by atoms with Crippen LogP contribution in [0.5, 0.6) is 0 Å². The molecule has 2 aliphatic rings. The van der Waals surface area contributed by atoms with Crippen LogP contribution >= 0.6 is 39.5 Å². The number of hydrazone groups is 1. The number of halogens is 1. The van der Waals surface area contributed by atoms with Gasteiger partial charge in [-0.05, 0) is 54.8 Å². The second-order valence-corrected chi connectivity index (χ2v) is 13.3. The number of hydrogen-bond acceptors (Lipinski definition) is 5. The number of rotatable bonds is 4. The third-order valence-electron chi connectivity index (χ3n) is 6.93. The lowest BCUT2D eigenvalue weighted by atomic mass is 9.81. The van der Waals surface area contributed by atoms with E-state index in [0.29, 0.717) is 5.04 Å². The van der Waals surface area contributed by atoms with Crippen LogP contribution in [0.25, 0.3) is 0 Å². The molecule has 0 fully saturated rings. The molecule has 0 aromatic heterocycles. The molecule has 3 nitrogen and oxygen atoms in total. The van der Waals surface area contributed by atoms with Gasteiger partial charge >= 0.3 is 0 Å². The smallest absolute Gasteiger partial charge is 0.187 e. The molecule has 4 aromatic carbocycles. The molecular weight excluding hydrogens is 560 g/mol. The minimum atomic E-state index is -0.652. The molecule has 37 heavy (non-hydrogen) atoms. The van der Waals surface area contributed by atoms with E-state index in [4.69, 9.17) is 5.10 Å². The quantitative estimate of drug-likeness (QED) is 0.241. The maximum Gasteiger partial charge on any atom is 0.187 e. The minimum absolute atomic E-state index is 0.0229. The summed E-state index contributed by atoms with van der Waals surface area (Å²) in [6.45, 7) is 5.84. The number of ketones is 1. The summed E-state index contributed by atoms with van der Waals surface area (Å²) in [6, 6.07) is 34.5. The van der Waals surface area contributed by atoms with E-state index in [1.165, 1.54) is 27.8 Å². The topological polar surface area (TPSA) is 32.7 Å². The summed E-state index contributed by atoms with van der Waals surface area (Å²) in [5.41, 5.74) is 8.20. The Labute approximate surface area is 234 Å². The van der Waals surface area contributed by atoms with Gasteiger partial charge in [0.15, 0.2) is 15.0 Å². The molecule has 0 aliphatic carbocycles. The van der Waals surface area contributed by atoms with E-state index in [1.807, 2.05) is 23.9 Å². The highest BCUT2D eigenvalue weighted by Gasteiger charge is 2.61. The SMILES string of the molecule is CC(=O)C1=NN(c2ccc(Br)cc2)[C@]2(S1)SC(c1ccc(C)cc1)(c1ccc(C)cc1)c1ccccc12. The summed E-state index contributed by atoms with van der Waals surface area (Å²) in [7, 11) is 0. The number of aryl methyl sites for hydroxylation is 2. The van der Waals surface area contributed by atoms with Crippen molar-refractivity contribution in [3.05, 3.63) is 135 Å². The first-order valence-corrected chi connectivity index (χ1v) is 14.5. The molecule has 1 spiro atoms. The summed E-state index contributed by atoms with van der Waals surface area (Å²) in [6.07, 6.45) is 0. The van der Waals surface area contributed by atoms with E-state index < -0.39 is 8.95 Å². The van der Waals surface area contributed by atoms with Gasteiger partial charge in [0, 0.05) is 17.0 Å². The van der Waals surface area contributed by atoms with Crippen LogP contribution in [0.4, 0.5) is 5.69 Å². The van der Waals surface area contributed by atoms with Crippen LogP contribution in [0.2, 0.25) is 0 Å². The van der Waals surface area contributed by atoms with Crippen LogP contribution in [0.15, 0.2) is 107 Å². The first-order valence-electron chi connectivity index (χ1n) is 12.1. The Morgan fingerprint density at radius 2 is 1.32 bits per heavy atom. The molecule has 0 amide bonds. The molecule has 0 radical (unpaired) electrons. The lowest BCUT2D eigenvalue weighted by molar-refractivity contribution is -0.110. The highest BCUT2D eigenvalue weighted by atomic mass is 79.9. The van der Waals surface area contributed by atoms with Gasteiger partial charge < -0.3 is 0 Å². The van der Waals surface area contributed by atoms with Crippen molar-refractivity contribution < 1.29 is 4.79 Å². The summed E-state index contributed by atoms with van der Waals surface area (Å²) >= 11 is 6.97. The number of nitrogens with zero attached hydrogens (tertiary/aromatic N) is 2. The lowest BCUT2D eigenvalue weighted by Gasteiger charge is -2.37. The average Bonchev–Trinajstić information content (AvgIpc) is 3.43. The Morgan fingerprint density at radius 3 is 1.86 bits per heavy atom. The van der Waals surface area contributed by atoms with E-state index in [-0.39, 0.29) is 5.78 Å². The normalized spacial score (nSPS) is 19.7. The van der Waals surface area contributed by atoms with Crippen molar-refractivity contribution >= 4 is 56.0 Å². The predicted molar refractivity (Wildman–Crippen MR) is 160 cm³/mol. The fourth-order valence-corrected chi connectivity index (χ4v) is 8.92. The zero-order valence-electron chi connectivity index (χ0n) is 20.7. The van der Waals surface area contributed by atoms with Crippen molar-refractivity contribution in [3.8, 4) is 0 Å². The summed E-state index contributed by atoms with van der Waals surface area (Å²) in [4.78, 5) is 12.7. The van der Waals surface area contributed by atoms with E-state index in [0.717, 1.165) is 15.7 Å². The van der Waals surface area contributed by atoms with Crippen LogP contribution < -0.4 is 5.01 Å². The van der Waals surface area contributed by atoms with E-state index >= 15 is 0 Å². The number of carbonyl (C=O) groups excluding carboxylic acids is 1. The number of thioether (sulfide) groups is 2. The summed E-state index contributed by atoms with van der Waals surface area (Å²) in [5.74, 6) is -0.0229. The molecule has 2 aliphatic heterocycles. The van der Waals surface area contributed by atoms with Gasteiger partial charge in [-0.25, -0.2) is 5.01 Å². The zero-order valence-corrected chi connectivity index (χ0v) is 24.0. The number of anilines is 1. The number of carbonyl (C=O) groups is 1. The van der Waals surface area contributed by atoms with Gasteiger partial charge in [0.05, 0.1) is 10.4 Å². The third kappa shape index (κ3) is 3.89. The third-order valence-corrected chi connectivity index (χ3v) is 10.9. The van der Waals surface area contributed by atoms with Crippen molar-refractivity contribution in [1.29, 1.82) is 0 Å². The second kappa shape index (κ2) is 9.19. The molecule has 6 rings (SSSR count). The molecule has 0 N–H and O–H groups in total. The monoisotopic (exact) mass is 584 g/mol. The Balaban J connectivity index is 1.64. The van der Waals surface area contributed by atoms with Crippen LogP contribution in [-0.2, 0) is 13.7 Å². The fourth-order valence-electron chi connectivity index (χ4n) is 5.09. The number of fused-ring (bicyclic) bond motifs is 2. The molecule has 6 heteroatoms. The van der Waals surface area contributed by atoms with Crippen molar-refractivity contribution in [1.82, 2.24) is 0 Å². The minimum Gasteiger partial charge on any atom is -0.292 e. The summed E-state index contributed by atoms with van der Waals surface area (Å²) < 4.78 is -0.136. The van der Waals surface area contributed by atoms with Gasteiger partial charge in [0.25, 0.3) is 0 Å². The predicted octanol–water partition coefficient (Wildman–Crippen LogP) is 8.37. The number of hydrogen-bond donors (Lipinski definition) is 0. The van der Waals surface area contributed by atoms with Gasteiger partial charge in [-0.3, -0.25) is 4.79 Å². The second-order valence-electron chi connectivity index (χ2n) is 9.49. The molecule has 0 unspecified atom stereocenters. The fraction of sp³-hybridized carbons (Fsp3) is 0.161. The Bertz CT molecular complexity index is 1490. The first kappa shape index (κ1) is 24.5. The highest BCUT2D eigenvalue weighted by molar-refractivity contribution is 9.10. The molecule has 0 saturated carbocycles. The molecular formula is C31H25BrN2OS2. The van der Waals surface area contributed by atoms with Crippen molar-refractivity contribution in [2.45, 2.75) is 29.7 Å². The molecule has 1 atom stereocenters. The number of Topliss-reactive ketones (excluding diaryl/α,β-unsaturated/α-hetero) is 1. The van der Waals surface area contributed by atoms with Gasteiger partial charge in [0.2, 0.25) is 0 Å². The first-order chi connectivity index (χ1) is 17.8. The molecule has 184 valence electrons. The van der Waals surface area contributed by atoms with Crippen LogP contribution in [0.3, 0.4) is 0 Å². The average molecular weight is 586 g/mol. The highest BCUT2D eigenvalue weighted by Crippen LogP contribution is 2.70. The van der Waals surface area contributed by atoms with E-state index in [1.54, 1.807) is 18.7 Å². The Kier molecular flexibility index (Phi) is 6.09. The van der Waals surface area contributed by atoms with E-state index in [9.17, 15) is 4.79 Å². The van der Waals surface area contributed by atoms with Crippen LogP contribution in [0, 0.1) is 13.8 Å². The Morgan fingerprint density at radius 1 is 0.784 bits per heavy atom. The van der Waals surface area contributed by atoms with Gasteiger partial charge in [-0.1, -0.05) is 123 Å². The van der Waals surface area contributed by atoms with Crippen LogP contribution in [0.1, 0.15) is 40.3 Å². The van der Waals surface area contributed by atoms with Crippen molar-refractivity contribution in [2.75, 3.05) is 5.01 Å². The molecule has 0 bridgehead atoms. The standard InChI is InChI=1S/C31H25BrN2OS2/c1-20-8-12-23(13-9-20)30(24-14-10-21(2)11-15-24)27-6-4-5-7-28(27)31(37-30)34(33-29(36-31)22(3)35)26-18-16-25(32)17-19-26/h4-19H,1-3H3/t31-/m1/s1. The van der Waals surface area contributed by atoms with E-state index in [2.05, 4.69) is 120 Å². The van der Waals surface area contributed by atoms with Gasteiger partial charge in [-0.15, -0.1) is 0 Å². The van der Waals surface area contributed by atoms with Crippen molar-refractivity contribution in [3.63, 3.8) is 0 Å². The summed E-state index contributed by atoms with van der Waals surface area (Å²) in [5, 5.41) is 7.50.